The van der Waals surface area contributed by atoms with Crippen LogP contribution in [-0.4, -0.2) is 23.5 Å². The van der Waals surface area contributed by atoms with Gasteiger partial charge in [0, 0.05) is 12.5 Å². The number of carboxylic acids is 1. The molecule has 1 saturated carbocycles. The Labute approximate surface area is 128 Å². The number of hydrogen-bond donors (Lipinski definition) is 2. The van der Waals surface area contributed by atoms with Crippen LogP contribution < -0.4 is 5.32 Å². The van der Waals surface area contributed by atoms with Gasteiger partial charge < -0.3 is 10.4 Å². The molecule has 4 nitrogen and oxygen atoms in total. The highest BCUT2D eigenvalue weighted by atomic mass is 16.4. The first-order valence-corrected chi connectivity index (χ1v) is 8.46. The molecule has 1 atom stereocenters. The maximum atomic E-state index is 12.2. The van der Waals surface area contributed by atoms with E-state index in [0.717, 1.165) is 38.5 Å². The SMILES string of the molecule is CCCCC(CC)C(=O)NCC1(C(=O)O)CCC(C)CC1. The quantitative estimate of drug-likeness (QED) is 0.719. The third-order valence-electron chi connectivity index (χ3n) is 5.06. The van der Waals surface area contributed by atoms with E-state index in [0.29, 0.717) is 18.8 Å². The van der Waals surface area contributed by atoms with Gasteiger partial charge in [-0.15, -0.1) is 0 Å². The summed E-state index contributed by atoms with van der Waals surface area (Å²) in [5.74, 6) is -0.0964. The molecule has 1 aliphatic carbocycles. The minimum atomic E-state index is -0.753. The molecule has 0 aromatic rings. The van der Waals surface area contributed by atoms with Gasteiger partial charge in [-0.3, -0.25) is 9.59 Å². The van der Waals surface area contributed by atoms with Crippen LogP contribution in [0.1, 0.15) is 72.1 Å². The lowest BCUT2D eigenvalue weighted by Crippen LogP contribution is -2.46. The van der Waals surface area contributed by atoms with Crippen molar-refractivity contribution in [3.63, 3.8) is 0 Å². The second kappa shape index (κ2) is 8.40. The molecule has 0 saturated heterocycles. The molecule has 0 bridgehead atoms. The largest absolute Gasteiger partial charge is 0.481 e. The van der Waals surface area contributed by atoms with E-state index in [1.54, 1.807) is 0 Å². The van der Waals surface area contributed by atoms with Gasteiger partial charge in [0.1, 0.15) is 0 Å². The molecular formula is C17H31NO3. The third-order valence-corrected chi connectivity index (χ3v) is 5.06. The van der Waals surface area contributed by atoms with E-state index in [9.17, 15) is 14.7 Å². The highest BCUT2D eigenvalue weighted by molar-refractivity contribution is 5.80. The maximum Gasteiger partial charge on any atom is 0.311 e. The Bertz CT molecular complexity index is 346. The Morgan fingerprint density at radius 2 is 1.90 bits per heavy atom. The van der Waals surface area contributed by atoms with Gasteiger partial charge in [-0.2, -0.15) is 0 Å². The van der Waals surface area contributed by atoms with Gasteiger partial charge in [-0.25, -0.2) is 0 Å². The fourth-order valence-corrected chi connectivity index (χ4v) is 3.15. The smallest absolute Gasteiger partial charge is 0.311 e. The Kier molecular flexibility index (Phi) is 7.20. The Morgan fingerprint density at radius 3 is 2.38 bits per heavy atom. The van der Waals surface area contributed by atoms with Crippen molar-refractivity contribution in [2.45, 2.75) is 72.1 Å². The van der Waals surface area contributed by atoms with Crippen LogP contribution in [-0.2, 0) is 9.59 Å². The summed E-state index contributed by atoms with van der Waals surface area (Å²) in [4.78, 5) is 23.9. The van der Waals surface area contributed by atoms with E-state index in [1.807, 2.05) is 6.92 Å². The molecule has 0 radical (unpaired) electrons. The highest BCUT2D eigenvalue weighted by Gasteiger charge is 2.41. The molecule has 0 heterocycles. The lowest BCUT2D eigenvalue weighted by molar-refractivity contribution is -0.151. The first-order valence-electron chi connectivity index (χ1n) is 8.46. The number of unbranched alkanes of at least 4 members (excludes halogenated alkanes) is 1. The number of rotatable bonds is 8. The Morgan fingerprint density at radius 1 is 1.29 bits per heavy atom. The minimum absolute atomic E-state index is 0.0262. The van der Waals surface area contributed by atoms with Gasteiger partial charge in [0.2, 0.25) is 5.91 Å². The summed E-state index contributed by atoms with van der Waals surface area (Å²) >= 11 is 0. The number of hydrogen-bond acceptors (Lipinski definition) is 2. The molecule has 1 amide bonds. The highest BCUT2D eigenvalue weighted by Crippen LogP contribution is 2.38. The van der Waals surface area contributed by atoms with Crippen LogP contribution in [0.2, 0.25) is 0 Å². The number of carbonyl (C=O) groups is 2. The molecule has 21 heavy (non-hydrogen) atoms. The molecule has 1 unspecified atom stereocenters. The molecule has 122 valence electrons. The number of carboxylic acid groups (broad SMARTS) is 1. The predicted octanol–water partition coefficient (Wildman–Crippen LogP) is 3.60. The first-order chi connectivity index (χ1) is 9.95. The van der Waals surface area contributed by atoms with Gasteiger partial charge in [0.15, 0.2) is 0 Å². The van der Waals surface area contributed by atoms with Gasteiger partial charge in [-0.1, -0.05) is 33.6 Å². The van der Waals surface area contributed by atoms with Crippen molar-refractivity contribution in [2.24, 2.45) is 17.3 Å². The second-order valence-corrected chi connectivity index (χ2v) is 6.73. The van der Waals surface area contributed by atoms with Crippen molar-refractivity contribution in [1.82, 2.24) is 5.32 Å². The Hall–Kier alpha value is -1.06. The van der Waals surface area contributed by atoms with Crippen molar-refractivity contribution in [3.8, 4) is 0 Å². The zero-order valence-electron chi connectivity index (χ0n) is 13.8. The third kappa shape index (κ3) is 5.01. The van der Waals surface area contributed by atoms with E-state index in [-0.39, 0.29) is 18.4 Å². The summed E-state index contributed by atoms with van der Waals surface area (Å²) < 4.78 is 0. The lowest BCUT2D eigenvalue weighted by atomic mass is 9.70. The lowest BCUT2D eigenvalue weighted by Gasteiger charge is -2.36. The topological polar surface area (TPSA) is 66.4 Å². The summed E-state index contributed by atoms with van der Waals surface area (Å²) in [5, 5.41) is 12.5. The Balaban J connectivity index is 2.57. The van der Waals surface area contributed by atoms with Crippen LogP contribution in [0.25, 0.3) is 0 Å². The zero-order chi connectivity index (χ0) is 15.9. The summed E-state index contributed by atoms with van der Waals surface area (Å²) in [6.07, 6.45) is 7.09. The monoisotopic (exact) mass is 297 g/mol. The number of aliphatic carboxylic acids is 1. The second-order valence-electron chi connectivity index (χ2n) is 6.73. The van der Waals surface area contributed by atoms with E-state index >= 15 is 0 Å². The molecule has 0 aliphatic heterocycles. The number of nitrogens with one attached hydrogen (secondary N) is 1. The summed E-state index contributed by atoms with van der Waals surface area (Å²) in [7, 11) is 0. The van der Waals surface area contributed by atoms with Crippen LogP contribution in [0, 0.1) is 17.3 Å². The molecule has 1 aliphatic rings. The normalized spacial score (nSPS) is 27.1. The van der Waals surface area contributed by atoms with Crippen molar-refractivity contribution < 1.29 is 14.7 Å². The van der Waals surface area contributed by atoms with Crippen LogP contribution in [0.5, 0.6) is 0 Å². The van der Waals surface area contributed by atoms with Crippen LogP contribution in [0.4, 0.5) is 0 Å². The molecule has 2 N–H and O–H groups in total. The van der Waals surface area contributed by atoms with Crippen molar-refractivity contribution in [1.29, 1.82) is 0 Å². The molecule has 1 rings (SSSR count). The average Bonchev–Trinajstić information content (AvgIpc) is 2.47. The summed E-state index contributed by atoms with van der Waals surface area (Å²) in [5.41, 5.74) is -0.745. The zero-order valence-corrected chi connectivity index (χ0v) is 13.8. The molecular weight excluding hydrogens is 266 g/mol. The van der Waals surface area contributed by atoms with E-state index in [1.165, 1.54) is 0 Å². The van der Waals surface area contributed by atoms with E-state index in [2.05, 4.69) is 19.2 Å². The molecule has 1 fully saturated rings. The summed E-state index contributed by atoms with van der Waals surface area (Å²) in [6.45, 7) is 6.60. The standard InChI is InChI=1S/C17H31NO3/c1-4-6-7-14(5-2)15(19)18-12-17(16(20)21)10-8-13(3)9-11-17/h13-14H,4-12H2,1-3H3,(H,18,19)(H,20,21). The summed E-state index contributed by atoms with van der Waals surface area (Å²) in [6, 6.07) is 0. The van der Waals surface area contributed by atoms with E-state index < -0.39 is 11.4 Å². The minimum Gasteiger partial charge on any atom is -0.481 e. The van der Waals surface area contributed by atoms with Crippen LogP contribution in [0.15, 0.2) is 0 Å². The van der Waals surface area contributed by atoms with Crippen molar-refractivity contribution in [2.75, 3.05) is 6.54 Å². The number of carbonyl (C=O) groups excluding carboxylic acids is 1. The van der Waals surface area contributed by atoms with Gasteiger partial charge in [0.05, 0.1) is 5.41 Å². The molecule has 0 aromatic carbocycles. The molecule has 4 heteroatoms. The molecule has 0 aromatic heterocycles. The van der Waals surface area contributed by atoms with Crippen molar-refractivity contribution in [3.05, 3.63) is 0 Å². The molecule has 0 spiro atoms. The van der Waals surface area contributed by atoms with Gasteiger partial charge in [-0.05, 0) is 44.4 Å². The van der Waals surface area contributed by atoms with Crippen LogP contribution >= 0.6 is 0 Å². The fraction of sp³-hybridized carbons (Fsp3) is 0.882. The maximum absolute atomic E-state index is 12.2. The van der Waals surface area contributed by atoms with Gasteiger partial charge >= 0.3 is 5.97 Å². The van der Waals surface area contributed by atoms with Gasteiger partial charge in [0.25, 0.3) is 0 Å². The van der Waals surface area contributed by atoms with Crippen molar-refractivity contribution >= 4 is 11.9 Å². The average molecular weight is 297 g/mol. The first kappa shape index (κ1) is 18.0. The predicted molar refractivity (Wildman–Crippen MR) is 84.0 cm³/mol. The fourth-order valence-electron chi connectivity index (χ4n) is 3.15. The number of amides is 1. The van der Waals surface area contributed by atoms with E-state index in [4.69, 9.17) is 0 Å². The van der Waals surface area contributed by atoms with Crippen LogP contribution in [0.3, 0.4) is 0 Å².